The van der Waals surface area contributed by atoms with Crippen LogP contribution in [0.2, 0.25) is 0 Å². The van der Waals surface area contributed by atoms with Crippen LogP contribution in [-0.2, 0) is 6.42 Å². The second-order valence-corrected chi connectivity index (χ2v) is 7.95. The summed E-state index contributed by atoms with van der Waals surface area (Å²) in [6.07, 6.45) is 10.2. The fraction of sp³-hybridized carbons (Fsp3) is 0.714. The number of nitrogens with zero attached hydrogens (tertiary/aromatic N) is 1. The van der Waals surface area contributed by atoms with E-state index in [1.807, 2.05) is 12.1 Å². The van der Waals surface area contributed by atoms with Crippen molar-refractivity contribution in [1.82, 2.24) is 0 Å². The quantitative estimate of drug-likeness (QED) is 0.390. The van der Waals surface area contributed by atoms with Gasteiger partial charge in [-0.15, -0.1) is 0 Å². The summed E-state index contributed by atoms with van der Waals surface area (Å²) in [5.74, 6) is 0.846. The van der Waals surface area contributed by atoms with Crippen molar-refractivity contribution in [2.24, 2.45) is 0 Å². The lowest BCUT2D eigenvalue weighted by Gasteiger charge is -2.26. The molecule has 0 aliphatic heterocycles. The normalized spacial score (nSPS) is 12.5. The minimum atomic E-state index is -0.433. The molecule has 0 fully saturated rings. The second-order valence-electron chi connectivity index (χ2n) is 7.95. The monoisotopic (exact) mass is 415 g/mol. The molecule has 25 heavy (non-hydrogen) atoms. The first-order chi connectivity index (χ1) is 11.4. The van der Waals surface area contributed by atoms with Crippen molar-refractivity contribution in [1.29, 1.82) is 0 Å². The maximum Gasteiger partial charge on any atom is 0.137 e. The Labute approximate surface area is 165 Å². The molecule has 4 heteroatoms. The maximum absolute atomic E-state index is 9.98. The van der Waals surface area contributed by atoms with E-state index in [9.17, 15) is 5.11 Å². The van der Waals surface area contributed by atoms with Gasteiger partial charge < -0.3 is 31.3 Å². The molecule has 0 aliphatic carbocycles. The molecule has 1 N–H and O–H groups in total. The summed E-state index contributed by atoms with van der Waals surface area (Å²) in [7, 11) is 6.21. The van der Waals surface area contributed by atoms with Crippen LogP contribution in [0.3, 0.4) is 0 Å². The summed E-state index contributed by atoms with van der Waals surface area (Å²) in [6, 6.07) is 8.35. The SMILES string of the molecule is CCCCCCCCCc1ccc(OCC(O)C[N+](C)(C)C)cc1.[Br-]. The van der Waals surface area contributed by atoms with Crippen molar-refractivity contribution in [3.8, 4) is 5.75 Å². The third-order valence-corrected chi connectivity index (χ3v) is 4.19. The van der Waals surface area contributed by atoms with E-state index < -0.39 is 6.10 Å². The number of likely N-dealkylation sites (N-methyl/N-ethyl adjacent to an activating group) is 1. The number of aliphatic hydroxyl groups excluding tert-OH is 1. The molecule has 3 nitrogen and oxygen atoms in total. The van der Waals surface area contributed by atoms with Gasteiger partial charge in [-0.3, -0.25) is 0 Å². The average Bonchev–Trinajstić information content (AvgIpc) is 2.51. The Morgan fingerprint density at radius 2 is 1.48 bits per heavy atom. The third kappa shape index (κ3) is 13.3. The molecule has 146 valence electrons. The number of aryl methyl sites for hydroxylation is 1. The van der Waals surface area contributed by atoms with Crippen LogP contribution in [0.25, 0.3) is 0 Å². The van der Waals surface area contributed by atoms with Gasteiger partial charge in [0.05, 0.1) is 21.1 Å². The predicted octanol–water partition coefficient (Wildman–Crippen LogP) is 1.43. The highest BCUT2D eigenvalue weighted by atomic mass is 79.9. The number of ether oxygens (including phenoxy) is 1. The van der Waals surface area contributed by atoms with E-state index in [2.05, 4.69) is 40.2 Å². The molecular formula is C21H38BrNO2. The van der Waals surface area contributed by atoms with Crippen LogP contribution >= 0.6 is 0 Å². The van der Waals surface area contributed by atoms with Crippen molar-refractivity contribution < 1.29 is 31.3 Å². The standard InChI is InChI=1S/C21H38NO2.BrH/c1-5-6-7-8-9-10-11-12-19-13-15-21(16-14-19)24-18-20(23)17-22(2,3)4;/h13-16,20,23H,5-12,17-18H2,1-4H3;1H/q+1;/p-1. The number of rotatable bonds is 13. The summed E-state index contributed by atoms with van der Waals surface area (Å²) in [5, 5.41) is 9.98. The molecular weight excluding hydrogens is 378 g/mol. The molecule has 0 aliphatic rings. The first-order valence-corrected chi connectivity index (χ1v) is 9.61. The van der Waals surface area contributed by atoms with Crippen molar-refractivity contribution in [3.63, 3.8) is 0 Å². The molecule has 1 unspecified atom stereocenters. The average molecular weight is 416 g/mol. The number of halogens is 1. The lowest BCUT2D eigenvalue weighted by Crippen LogP contribution is -3.00. The molecule has 0 amide bonds. The molecule has 0 aromatic heterocycles. The number of hydrogen-bond acceptors (Lipinski definition) is 2. The highest BCUT2D eigenvalue weighted by Gasteiger charge is 2.15. The largest absolute Gasteiger partial charge is 1.00 e. The smallest absolute Gasteiger partial charge is 0.137 e. The van der Waals surface area contributed by atoms with E-state index in [0.29, 0.717) is 13.2 Å². The van der Waals surface area contributed by atoms with Crippen molar-refractivity contribution in [2.45, 2.75) is 64.4 Å². The molecule has 1 atom stereocenters. The summed E-state index contributed by atoms with van der Waals surface area (Å²) >= 11 is 0. The summed E-state index contributed by atoms with van der Waals surface area (Å²) in [4.78, 5) is 0. The topological polar surface area (TPSA) is 29.5 Å². The Kier molecular flexibility index (Phi) is 13.3. The molecule has 0 bridgehead atoms. The van der Waals surface area contributed by atoms with Gasteiger partial charge in [0.25, 0.3) is 0 Å². The lowest BCUT2D eigenvalue weighted by atomic mass is 10.0. The highest BCUT2D eigenvalue weighted by Crippen LogP contribution is 2.15. The van der Waals surface area contributed by atoms with Gasteiger partial charge in [-0.1, -0.05) is 57.6 Å². The van der Waals surface area contributed by atoms with E-state index >= 15 is 0 Å². The van der Waals surface area contributed by atoms with Gasteiger partial charge in [-0.05, 0) is 30.5 Å². The summed E-state index contributed by atoms with van der Waals surface area (Å²) < 4.78 is 6.43. The molecule has 1 aromatic carbocycles. The van der Waals surface area contributed by atoms with Crippen LogP contribution in [-0.4, -0.2) is 50.0 Å². The number of hydrogen-bond donors (Lipinski definition) is 1. The lowest BCUT2D eigenvalue weighted by molar-refractivity contribution is -0.873. The van der Waals surface area contributed by atoms with Gasteiger partial charge >= 0.3 is 0 Å². The van der Waals surface area contributed by atoms with Gasteiger partial charge in [0.15, 0.2) is 0 Å². The Morgan fingerprint density at radius 3 is 2.04 bits per heavy atom. The number of quaternary nitrogens is 1. The van der Waals surface area contributed by atoms with Gasteiger partial charge in [-0.2, -0.15) is 0 Å². The zero-order valence-electron chi connectivity index (χ0n) is 16.6. The van der Waals surface area contributed by atoms with Crippen molar-refractivity contribution in [3.05, 3.63) is 29.8 Å². The van der Waals surface area contributed by atoms with Crippen molar-refractivity contribution in [2.75, 3.05) is 34.3 Å². The van der Waals surface area contributed by atoms with E-state index in [4.69, 9.17) is 4.74 Å². The molecule has 1 rings (SSSR count). The molecule has 0 saturated heterocycles. The van der Waals surface area contributed by atoms with Crippen LogP contribution in [0.15, 0.2) is 24.3 Å². The van der Waals surface area contributed by atoms with E-state index in [0.717, 1.165) is 16.7 Å². The van der Waals surface area contributed by atoms with E-state index in [1.165, 1.54) is 50.5 Å². The Morgan fingerprint density at radius 1 is 0.920 bits per heavy atom. The maximum atomic E-state index is 9.98. The minimum absolute atomic E-state index is 0. The van der Waals surface area contributed by atoms with Crippen molar-refractivity contribution >= 4 is 0 Å². The first-order valence-electron chi connectivity index (χ1n) is 9.61. The Hall–Kier alpha value is -0.580. The number of aliphatic hydroxyl groups is 1. The zero-order chi connectivity index (χ0) is 17.8. The fourth-order valence-corrected chi connectivity index (χ4v) is 2.92. The van der Waals surface area contributed by atoms with Crippen LogP contribution in [0.4, 0.5) is 0 Å². The molecule has 0 radical (unpaired) electrons. The second kappa shape index (κ2) is 13.6. The summed E-state index contributed by atoms with van der Waals surface area (Å²) in [6.45, 7) is 3.31. The van der Waals surface area contributed by atoms with E-state index in [1.54, 1.807) is 0 Å². The van der Waals surface area contributed by atoms with Gasteiger partial charge in [0, 0.05) is 0 Å². The number of unbranched alkanes of at least 4 members (excludes halogenated alkanes) is 6. The van der Waals surface area contributed by atoms with E-state index in [-0.39, 0.29) is 17.0 Å². The van der Waals surface area contributed by atoms with Gasteiger partial charge in [0.2, 0.25) is 0 Å². The van der Waals surface area contributed by atoms with Crippen LogP contribution in [0.5, 0.6) is 5.75 Å². The molecule has 0 saturated carbocycles. The zero-order valence-corrected chi connectivity index (χ0v) is 18.2. The third-order valence-electron chi connectivity index (χ3n) is 4.19. The highest BCUT2D eigenvalue weighted by molar-refractivity contribution is 5.27. The van der Waals surface area contributed by atoms with Gasteiger partial charge in [0.1, 0.15) is 25.0 Å². The van der Waals surface area contributed by atoms with Crippen LogP contribution in [0.1, 0.15) is 57.4 Å². The fourth-order valence-electron chi connectivity index (χ4n) is 2.92. The minimum Gasteiger partial charge on any atom is -1.00 e. The molecule has 0 heterocycles. The molecule has 0 spiro atoms. The predicted molar refractivity (Wildman–Crippen MR) is 103 cm³/mol. The molecule has 1 aromatic rings. The van der Waals surface area contributed by atoms with Crippen LogP contribution in [0, 0.1) is 0 Å². The Balaban J connectivity index is 0.00000576. The van der Waals surface area contributed by atoms with Crippen LogP contribution < -0.4 is 21.7 Å². The number of benzene rings is 1. The Bertz CT molecular complexity index is 429. The first kappa shape index (κ1) is 24.4. The van der Waals surface area contributed by atoms with Gasteiger partial charge in [-0.25, -0.2) is 0 Å². The summed E-state index contributed by atoms with van der Waals surface area (Å²) in [5.41, 5.74) is 1.38.